The van der Waals surface area contributed by atoms with E-state index in [9.17, 15) is 14.7 Å². The number of nitrogens with one attached hydrogen (secondary N) is 1. The SMILES string of the molecule is O=C(O)[C@@H]1C[C@@H](O)CN1C(=O)NCCc1ccccn1. The number of aliphatic hydroxyl groups is 1. The van der Waals surface area contributed by atoms with Crippen LogP contribution in [0.1, 0.15) is 12.1 Å². The van der Waals surface area contributed by atoms with Crippen LogP contribution in [0, 0.1) is 0 Å². The van der Waals surface area contributed by atoms with Crippen molar-refractivity contribution in [3.05, 3.63) is 30.1 Å². The normalized spacial score (nSPS) is 21.8. The number of rotatable bonds is 4. The number of hydrogen-bond donors (Lipinski definition) is 3. The maximum absolute atomic E-state index is 11.9. The predicted molar refractivity (Wildman–Crippen MR) is 70.1 cm³/mol. The second-order valence-corrected chi connectivity index (χ2v) is 4.70. The van der Waals surface area contributed by atoms with Gasteiger partial charge in [-0.25, -0.2) is 9.59 Å². The lowest BCUT2D eigenvalue weighted by atomic mass is 10.2. The van der Waals surface area contributed by atoms with E-state index in [0.717, 1.165) is 10.6 Å². The zero-order valence-corrected chi connectivity index (χ0v) is 10.9. The summed E-state index contributed by atoms with van der Waals surface area (Å²) in [5, 5.41) is 21.1. The highest BCUT2D eigenvalue weighted by molar-refractivity contribution is 5.83. The molecule has 1 aromatic heterocycles. The minimum atomic E-state index is -1.10. The van der Waals surface area contributed by atoms with Gasteiger partial charge in [-0.15, -0.1) is 0 Å². The number of pyridine rings is 1. The Bertz CT molecular complexity index is 480. The third-order valence-corrected chi connectivity index (χ3v) is 3.21. The van der Waals surface area contributed by atoms with Crippen LogP contribution in [0.2, 0.25) is 0 Å². The van der Waals surface area contributed by atoms with Crippen molar-refractivity contribution in [2.24, 2.45) is 0 Å². The quantitative estimate of drug-likeness (QED) is 0.711. The zero-order valence-electron chi connectivity index (χ0n) is 10.9. The van der Waals surface area contributed by atoms with E-state index in [-0.39, 0.29) is 13.0 Å². The minimum absolute atomic E-state index is 0.0480. The molecule has 1 aliphatic rings. The monoisotopic (exact) mass is 279 g/mol. The molecule has 1 aliphatic heterocycles. The van der Waals surface area contributed by atoms with Crippen LogP contribution < -0.4 is 5.32 Å². The summed E-state index contributed by atoms with van der Waals surface area (Å²) in [7, 11) is 0. The molecule has 7 nitrogen and oxygen atoms in total. The molecule has 108 valence electrons. The second-order valence-electron chi connectivity index (χ2n) is 4.70. The number of hydrogen-bond acceptors (Lipinski definition) is 4. The van der Waals surface area contributed by atoms with Crippen molar-refractivity contribution in [2.45, 2.75) is 25.0 Å². The van der Waals surface area contributed by atoms with E-state index in [0.29, 0.717) is 13.0 Å². The summed E-state index contributed by atoms with van der Waals surface area (Å²) < 4.78 is 0. The van der Waals surface area contributed by atoms with Crippen molar-refractivity contribution in [1.29, 1.82) is 0 Å². The molecule has 0 aromatic carbocycles. The highest BCUT2D eigenvalue weighted by atomic mass is 16.4. The molecule has 2 amide bonds. The van der Waals surface area contributed by atoms with E-state index >= 15 is 0 Å². The van der Waals surface area contributed by atoms with Crippen LogP contribution in [0.3, 0.4) is 0 Å². The number of β-amino-alcohol motifs (C(OH)–C–C–N with tert-alkyl or cyclic N) is 1. The standard InChI is InChI=1S/C13H17N3O4/c17-10-7-11(12(18)19)16(8-10)13(20)15-6-4-9-3-1-2-5-14-9/h1-3,5,10-11,17H,4,6-8H2,(H,15,20)(H,18,19)/t10-,11+/m1/s1. The Morgan fingerprint density at radius 2 is 2.25 bits per heavy atom. The number of nitrogens with zero attached hydrogens (tertiary/aromatic N) is 2. The summed E-state index contributed by atoms with van der Waals surface area (Å²) in [6, 6.07) is 4.10. The molecular formula is C13H17N3O4. The van der Waals surface area contributed by atoms with Crippen LogP contribution in [0.5, 0.6) is 0 Å². The number of carbonyl (C=O) groups excluding carboxylic acids is 1. The van der Waals surface area contributed by atoms with E-state index in [4.69, 9.17) is 5.11 Å². The number of carboxylic acid groups (broad SMARTS) is 1. The predicted octanol–water partition coefficient (Wildman–Crippen LogP) is -0.146. The van der Waals surface area contributed by atoms with Gasteiger partial charge >= 0.3 is 12.0 Å². The number of aliphatic carboxylic acids is 1. The Balaban J connectivity index is 1.84. The van der Waals surface area contributed by atoms with Crippen LogP contribution >= 0.6 is 0 Å². The van der Waals surface area contributed by atoms with Crippen LogP contribution in [-0.2, 0) is 11.2 Å². The molecular weight excluding hydrogens is 262 g/mol. The molecule has 20 heavy (non-hydrogen) atoms. The first-order valence-corrected chi connectivity index (χ1v) is 6.43. The summed E-state index contributed by atoms with van der Waals surface area (Å²) in [5.74, 6) is -1.10. The zero-order chi connectivity index (χ0) is 14.5. The van der Waals surface area contributed by atoms with E-state index < -0.39 is 24.1 Å². The number of amides is 2. The van der Waals surface area contributed by atoms with Crippen LogP contribution in [-0.4, -0.2) is 57.3 Å². The van der Waals surface area contributed by atoms with E-state index in [2.05, 4.69) is 10.3 Å². The smallest absolute Gasteiger partial charge is 0.326 e. The Morgan fingerprint density at radius 1 is 1.45 bits per heavy atom. The van der Waals surface area contributed by atoms with E-state index in [1.807, 2.05) is 18.2 Å². The Labute approximate surface area is 116 Å². The summed E-state index contributed by atoms with van der Waals surface area (Å²) >= 11 is 0. The Morgan fingerprint density at radius 3 is 2.90 bits per heavy atom. The average Bonchev–Trinajstić information content (AvgIpc) is 2.82. The van der Waals surface area contributed by atoms with Crippen LogP contribution in [0.4, 0.5) is 4.79 Å². The molecule has 0 spiro atoms. The first-order chi connectivity index (χ1) is 9.58. The van der Waals surface area contributed by atoms with Crippen molar-refractivity contribution in [2.75, 3.05) is 13.1 Å². The van der Waals surface area contributed by atoms with Crippen molar-refractivity contribution >= 4 is 12.0 Å². The molecule has 3 N–H and O–H groups in total. The summed E-state index contributed by atoms with van der Waals surface area (Å²) in [5.41, 5.74) is 0.851. The average molecular weight is 279 g/mol. The molecule has 2 atom stereocenters. The van der Waals surface area contributed by atoms with Gasteiger partial charge < -0.3 is 20.4 Å². The third-order valence-electron chi connectivity index (χ3n) is 3.21. The number of carbonyl (C=O) groups is 2. The largest absolute Gasteiger partial charge is 0.480 e. The number of carboxylic acids is 1. The molecule has 0 radical (unpaired) electrons. The van der Waals surface area contributed by atoms with Gasteiger partial charge in [-0.1, -0.05) is 6.07 Å². The van der Waals surface area contributed by atoms with Gasteiger partial charge in [-0.2, -0.15) is 0 Å². The highest BCUT2D eigenvalue weighted by Crippen LogP contribution is 2.17. The Kier molecular flexibility index (Phi) is 4.52. The Hall–Kier alpha value is -2.15. The molecule has 1 aromatic rings. The summed E-state index contributed by atoms with van der Waals surface area (Å²) in [6.07, 6.45) is 1.54. The van der Waals surface area contributed by atoms with Crippen molar-refractivity contribution < 1.29 is 19.8 Å². The molecule has 0 unspecified atom stereocenters. The number of urea groups is 1. The van der Waals surface area contributed by atoms with Crippen LogP contribution in [0.25, 0.3) is 0 Å². The molecule has 0 aliphatic carbocycles. The maximum atomic E-state index is 11.9. The topological polar surface area (TPSA) is 103 Å². The van der Waals surface area contributed by atoms with Gasteiger partial charge in [0.25, 0.3) is 0 Å². The molecule has 1 saturated heterocycles. The number of aromatic nitrogens is 1. The molecule has 7 heteroatoms. The summed E-state index contributed by atoms with van der Waals surface area (Å²) in [4.78, 5) is 28.2. The van der Waals surface area contributed by atoms with E-state index in [1.165, 1.54) is 0 Å². The molecule has 0 saturated carbocycles. The fraction of sp³-hybridized carbons (Fsp3) is 0.462. The lowest BCUT2D eigenvalue weighted by Crippen LogP contribution is -2.46. The van der Waals surface area contributed by atoms with Crippen LogP contribution in [0.15, 0.2) is 24.4 Å². The van der Waals surface area contributed by atoms with Crippen molar-refractivity contribution in [3.8, 4) is 0 Å². The van der Waals surface area contributed by atoms with Gasteiger partial charge in [0.2, 0.25) is 0 Å². The lowest BCUT2D eigenvalue weighted by molar-refractivity contribution is -0.141. The van der Waals surface area contributed by atoms with Gasteiger partial charge in [-0.05, 0) is 12.1 Å². The van der Waals surface area contributed by atoms with Crippen molar-refractivity contribution in [1.82, 2.24) is 15.2 Å². The molecule has 0 bridgehead atoms. The van der Waals surface area contributed by atoms with Gasteiger partial charge in [0.15, 0.2) is 0 Å². The molecule has 2 heterocycles. The van der Waals surface area contributed by atoms with Crippen molar-refractivity contribution in [3.63, 3.8) is 0 Å². The minimum Gasteiger partial charge on any atom is -0.480 e. The lowest BCUT2D eigenvalue weighted by Gasteiger charge is -2.21. The highest BCUT2D eigenvalue weighted by Gasteiger charge is 2.38. The van der Waals surface area contributed by atoms with E-state index in [1.54, 1.807) is 6.20 Å². The van der Waals surface area contributed by atoms with Gasteiger partial charge in [-0.3, -0.25) is 4.98 Å². The maximum Gasteiger partial charge on any atom is 0.326 e. The molecule has 1 fully saturated rings. The van der Waals surface area contributed by atoms with Gasteiger partial charge in [0.05, 0.1) is 6.10 Å². The second kappa shape index (κ2) is 6.33. The first-order valence-electron chi connectivity index (χ1n) is 6.43. The van der Waals surface area contributed by atoms with Gasteiger partial charge in [0, 0.05) is 37.8 Å². The summed E-state index contributed by atoms with van der Waals surface area (Å²) in [6.45, 7) is 0.418. The molecule has 2 rings (SSSR count). The van der Waals surface area contributed by atoms with Gasteiger partial charge in [0.1, 0.15) is 6.04 Å². The fourth-order valence-corrected chi connectivity index (χ4v) is 2.22. The number of aliphatic hydroxyl groups excluding tert-OH is 1. The first kappa shape index (κ1) is 14.3. The fourth-order valence-electron chi connectivity index (χ4n) is 2.22. The third kappa shape index (κ3) is 3.45. The number of likely N-dealkylation sites (tertiary alicyclic amines) is 1.